The van der Waals surface area contributed by atoms with Crippen LogP contribution in [0.3, 0.4) is 0 Å². The molecule has 0 aliphatic rings. The van der Waals surface area contributed by atoms with E-state index < -0.39 is 5.97 Å². The molecular formula is C18H24N2O2S. The van der Waals surface area contributed by atoms with Gasteiger partial charge >= 0.3 is 5.97 Å². The van der Waals surface area contributed by atoms with E-state index >= 15 is 0 Å². The molecule has 2 rings (SSSR count). The summed E-state index contributed by atoms with van der Waals surface area (Å²) < 4.78 is 0. The molecule has 0 saturated carbocycles. The molecule has 0 unspecified atom stereocenters. The number of aryl methyl sites for hydroxylation is 3. The highest BCUT2D eigenvalue weighted by Crippen LogP contribution is 2.37. The van der Waals surface area contributed by atoms with Crippen LogP contribution in [-0.2, 0) is 11.2 Å². The zero-order valence-electron chi connectivity index (χ0n) is 14.4. The Labute approximate surface area is 141 Å². The normalized spacial score (nSPS) is 10.8. The SMILES string of the molecule is CCN(CC)c1nc(-c2c(C)cc(C)cc2C)c(CC(=O)O)s1. The molecular weight excluding hydrogens is 308 g/mol. The van der Waals surface area contributed by atoms with Crippen molar-refractivity contribution in [2.24, 2.45) is 0 Å². The number of rotatable bonds is 6. The summed E-state index contributed by atoms with van der Waals surface area (Å²) in [5.41, 5.74) is 5.40. The van der Waals surface area contributed by atoms with Gasteiger partial charge < -0.3 is 10.0 Å². The second kappa shape index (κ2) is 7.13. The first-order valence-electron chi connectivity index (χ1n) is 7.92. The van der Waals surface area contributed by atoms with Gasteiger partial charge in [-0.2, -0.15) is 0 Å². The van der Waals surface area contributed by atoms with E-state index in [4.69, 9.17) is 4.98 Å². The molecule has 1 aromatic carbocycles. The van der Waals surface area contributed by atoms with Gasteiger partial charge in [0.25, 0.3) is 0 Å². The van der Waals surface area contributed by atoms with Gasteiger partial charge in [-0.15, -0.1) is 11.3 Å². The lowest BCUT2D eigenvalue weighted by Gasteiger charge is -2.16. The molecule has 5 heteroatoms. The Hall–Kier alpha value is -1.88. The van der Waals surface area contributed by atoms with E-state index in [-0.39, 0.29) is 6.42 Å². The topological polar surface area (TPSA) is 53.4 Å². The second-order valence-electron chi connectivity index (χ2n) is 5.78. The number of anilines is 1. The molecule has 0 bridgehead atoms. The van der Waals surface area contributed by atoms with E-state index in [1.54, 1.807) is 0 Å². The summed E-state index contributed by atoms with van der Waals surface area (Å²) in [5, 5.41) is 10.2. The highest BCUT2D eigenvalue weighted by molar-refractivity contribution is 7.16. The minimum Gasteiger partial charge on any atom is -0.481 e. The van der Waals surface area contributed by atoms with Crippen LogP contribution in [0, 0.1) is 20.8 Å². The molecule has 1 heterocycles. The van der Waals surface area contributed by atoms with Crippen LogP contribution in [0.5, 0.6) is 0 Å². The van der Waals surface area contributed by atoms with E-state index in [0.29, 0.717) is 0 Å². The van der Waals surface area contributed by atoms with Gasteiger partial charge in [0.15, 0.2) is 5.13 Å². The summed E-state index contributed by atoms with van der Waals surface area (Å²) in [4.78, 5) is 19.1. The maximum Gasteiger partial charge on any atom is 0.308 e. The van der Waals surface area contributed by atoms with Crippen molar-refractivity contribution >= 4 is 22.4 Å². The molecule has 0 saturated heterocycles. The van der Waals surface area contributed by atoms with Gasteiger partial charge in [-0.1, -0.05) is 17.7 Å². The highest BCUT2D eigenvalue weighted by atomic mass is 32.1. The molecule has 124 valence electrons. The Kier molecular flexibility index (Phi) is 5.42. The lowest BCUT2D eigenvalue weighted by molar-refractivity contribution is -0.136. The second-order valence-corrected chi connectivity index (χ2v) is 6.85. The maximum absolute atomic E-state index is 11.3. The van der Waals surface area contributed by atoms with Crippen molar-refractivity contribution in [1.29, 1.82) is 0 Å². The number of aromatic nitrogens is 1. The minimum absolute atomic E-state index is 0.0149. The van der Waals surface area contributed by atoms with Gasteiger partial charge in [-0.05, 0) is 45.7 Å². The van der Waals surface area contributed by atoms with E-state index in [1.165, 1.54) is 16.9 Å². The number of carboxylic acids is 1. The lowest BCUT2D eigenvalue weighted by atomic mass is 9.96. The fourth-order valence-corrected chi connectivity index (χ4v) is 4.16. The first-order valence-corrected chi connectivity index (χ1v) is 8.73. The zero-order chi connectivity index (χ0) is 17.1. The van der Waals surface area contributed by atoms with Crippen molar-refractivity contribution < 1.29 is 9.90 Å². The van der Waals surface area contributed by atoms with E-state index in [0.717, 1.165) is 45.5 Å². The molecule has 1 aromatic heterocycles. The molecule has 0 atom stereocenters. The Balaban J connectivity index is 2.62. The van der Waals surface area contributed by atoms with Gasteiger partial charge in [0, 0.05) is 23.5 Å². The molecule has 0 aliphatic carbocycles. The number of hydrogen-bond donors (Lipinski definition) is 1. The number of carboxylic acid groups (broad SMARTS) is 1. The summed E-state index contributed by atoms with van der Waals surface area (Å²) in [5.74, 6) is -0.816. The third kappa shape index (κ3) is 3.72. The van der Waals surface area contributed by atoms with Crippen LogP contribution in [0.2, 0.25) is 0 Å². The molecule has 0 radical (unpaired) electrons. The number of aliphatic carboxylic acids is 1. The average molecular weight is 332 g/mol. The molecule has 4 nitrogen and oxygen atoms in total. The lowest BCUT2D eigenvalue weighted by Crippen LogP contribution is -2.21. The van der Waals surface area contributed by atoms with Crippen molar-refractivity contribution in [2.75, 3.05) is 18.0 Å². The van der Waals surface area contributed by atoms with Crippen LogP contribution in [-0.4, -0.2) is 29.1 Å². The Bertz CT molecular complexity index is 695. The van der Waals surface area contributed by atoms with Gasteiger partial charge in [0.1, 0.15) is 0 Å². The van der Waals surface area contributed by atoms with Crippen LogP contribution in [0.15, 0.2) is 12.1 Å². The van der Waals surface area contributed by atoms with Crippen LogP contribution >= 0.6 is 11.3 Å². The minimum atomic E-state index is -0.816. The van der Waals surface area contributed by atoms with Crippen LogP contribution in [0.4, 0.5) is 5.13 Å². The molecule has 0 aliphatic heterocycles. The predicted molar refractivity (Wildman–Crippen MR) is 96.7 cm³/mol. The molecule has 0 fully saturated rings. The fraction of sp³-hybridized carbons (Fsp3) is 0.444. The predicted octanol–water partition coefficient (Wildman–Crippen LogP) is 4.21. The van der Waals surface area contributed by atoms with Gasteiger partial charge in [0.2, 0.25) is 0 Å². The van der Waals surface area contributed by atoms with Crippen LogP contribution in [0.1, 0.15) is 35.4 Å². The van der Waals surface area contributed by atoms with Crippen molar-refractivity contribution in [3.05, 3.63) is 33.7 Å². The third-order valence-corrected chi connectivity index (χ3v) is 5.06. The Morgan fingerprint density at radius 2 is 1.74 bits per heavy atom. The fourth-order valence-electron chi connectivity index (χ4n) is 2.97. The summed E-state index contributed by atoms with van der Waals surface area (Å²) in [6.07, 6.45) is 0.0149. The Morgan fingerprint density at radius 3 is 2.22 bits per heavy atom. The number of benzene rings is 1. The van der Waals surface area contributed by atoms with Crippen molar-refractivity contribution in [3.8, 4) is 11.3 Å². The van der Waals surface area contributed by atoms with Crippen LogP contribution in [0.25, 0.3) is 11.3 Å². The van der Waals surface area contributed by atoms with E-state index in [2.05, 4.69) is 51.7 Å². The van der Waals surface area contributed by atoms with E-state index in [1.807, 2.05) is 0 Å². The van der Waals surface area contributed by atoms with Crippen molar-refractivity contribution in [1.82, 2.24) is 4.98 Å². The van der Waals surface area contributed by atoms with Crippen molar-refractivity contribution in [2.45, 2.75) is 41.0 Å². The van der Waals surface area contributed by atoms with Gasteiger partial charge in [-0.3, -0.25) is 4.79 Å². The first kappa shape index (κ1) is 17.5. The van der Waals surface area contributed by atoms with Gasteiger partial charge in [-0.25, -0.2) is 4.98 Å². The van der Waals surface area contributed by atoms with E-state index in [9.17, 15) is 9.90 Å². The number of carbonyl (C=O) groups is 1. The summed E-state index contributed by atoms with van der Waals surface area (Å²) in [7, 11) is 0. The molecule has 1 N–H and O–H groups in total. The molecule has 23 heavy (non-hydrogen) atoms. The summed E-state index contributed by atoms with van der Waals surface area (Å²) in [6, 6.07) is 4.26. The number of nitrogens with zero attached hydrogens (tertiary/aromatic N) is 2. The number of thiazole rings is 1. The average Bonchev–Trinajstić information content (AvgIpc) is 2.82. The molecule has 2 aromatic rings. The zero-order valence-corrected chi connectivity index (χ0v) is 15.3. The quantitative estimate of drug-likeness (QED) is 0.861. The largest absolute Gasteiger partial charge is 0.481 e. The van der Waals surface area contributed by atoms with Crippen molar-refractivity contribution in [3.63, 3.8) is 0 Å². The smallest absolute Gasteiger partial charge is 0.308 e. The van der Waals surface area contributed by atoms with Crippen LogP contribution < -0.4 is 4.90 Å². The number of hydrogen-bond acceptors (Lipinski definition) is 4. The maximum atomic E-state index is 11.3. The first-order chi connectivity index (χ1) is 10.9. The van der Waals surface area contributed by atoms with Gasteiger partial charge in [0.05, 0.1) is 12.1 Å². The summed E-state index contributed by atoms with van der Waals surface area (Å²) >= 11 is 1.50. The monoisotopic (exact) mass is 332 g/mol. The Morgan fingerprint density at radius 1 is 1.17 bits per heavy atom. The molecule has 0 amide bonds. The standard InChI is InChI=1S/C18H24N2O2S/c1-6-20(7-2)18-19-17(14(23-18)10-15(21)22)16-12(4)8-11(3)9-13(16)5/h8-9H,6-7,10H2,1-5H3,(H,21,22). The highest BCUT2D eigenvalue weighted by Gasteiger charge is 2.20. The summed E-state index contributed by atoms with van der Waals surface area (Å²) in [6.45, 7) is 12.1. The molecule has 0 spiro atoms. The third-order valence-electron chi connectivity index (χ3n) is 3.95.